The largest absolute Gasteiger partial charge is 0.497 e. The number of esters is 2. The zero-order chi connectivity index (χ0) is 27.4. The summed E-state index contributed by atoms with van der Waals surface area (Å²) in [4.78, 5) is 42.5. The van der Waals surface area contributed by atoms with E-state index in [1.54, 1.807) is 54.7 Å². The van der Waals surface area contributed by atoms with Crippen LogP contribution in [0.5, 0.6) is 5.75 Å². The Morgan fingerprint density at radius 2 is 1.56 bits per heavy atom. The van der Waals surface area contributed by atoms with Gasteiger partial charge in [0.1, 0.15) is 17.8 Å². The van der Waals surface area contributed by atoms with E-state index in [1.165, 1.54) is 13.8 Å². The Morgan fingerprint density at radius 1 is 0.923 bits per heavy atom. The highest BCUT2D eigenvalue weighted by Gasteiger charge is 2.75. The van der Waals surface area contributed by atoms with Crippen molar-refractivity contribution in [2.75, 3.05) is 12.4 Å². The summed E-state index contributed by atoms with van der Waals surface area (Å²) >= 11 is 0. The quantitative estimate of drug-likeness (QED) is 0.405. The maximum atomic E-state index is 14.2. The second-order valence-electron chi connectivity index (χ2n) is 10.3. The van der Waals surface area contributed by atoms with Crippen LogP contribution >= 0.6 is 0 Å². The monoisotopic (exact) mass is 525 g/mol. The molecule has 3 aliphatic rings. The first kappa shape index (κ1) is 24.7. The molecule has 3 aliphatic heterocycles. The summed E-state index contributed by atoms with van der Waals surface area (Å²) in [6, 6.07) is 21.3. The van der Waals surface area contributed by atoms with Gasteiger partial charge in [0, 0.05) is 25.5 Å². The average molecular weight is 526 g/mol. The number of hydrazone groups is 1. The van der Waals surface area contributed by atoms with Crippen molar-refractivity contribution in [1.29, 1.82) is 0 Å². The summed E-state index contributed by atoms with van der Waals surface area (Å²) in [6.07, 6.45) is 1.64. The van der Waals surface area contributed by atoms with Crippen LogP contribution in [0.2, 0.25) is 0 Å². The van der Waals surface area contributed by atoms with E-state index in [0.29, 0.717) is 22.6 Å². The number of para-hydroxylation sites is 1. The van der Waals surface area contributed by atoms with Gasteiger partial charge in [-0.3, -0.25) is 19.4 Å². The number of carbonyl (C=O) groups excluding carboxylic acids is 3. The molecule has 9 heteroatoms. The van der Waals surface area contributed by atoms with Gasteiger partial charge in [0.15, 0.2) is 0 Å². The van der Waals surface area contributed by atoms with Crippen LogP contribution in [0.4, 0.5) is 5.69 Å². The Hall–Kier alpha value is -4.66. The molecule has 3 aromatic carbocycles. The molecule has 0 aromatic heterocycles. The van der Waals surface area contributed by atoms with Gasteiger partial charge in [-0.2, -0.15) is 5.10 Å². The molecule has 0 aliphatic carbocycles. The minimum Gasteiger partial charge on any atom is -0.497 e. The van der Waals surface area contributed by atoms with Crippen molar-refractivity contribution < 1.29 is 28.6 Å². The molecule has 9 nitrogen and oxygen atoms in total. The molecule has 3 aromatic rings. The maximum Gasteiger partial charge on any atom is 0.330 e. The van der Waals surface area contributed by atoms with Gasteiger partial charge in [0.25, 0.3) is 5.79 Å². The number of hydrogen-bond donors (Lipinski definition) is 1. The van der Waals surface area contributed by atoms with Gasteiger partial charge in [-0.25, -0.2) is 0 Å². The van der Waals surface area contributed by atoms with Crippen LogP contribution in [0.25, 0.3) is 0 Å². The van der Waals surface area contributed by atoms with Crippen LogP contribution in [-0.4, -0.2) is 48.0 Å². The molecule has 3 heterocycles. The van der Waals surface area contributed by atoms with E-state index in [9.17, 15) is 14.4 Å². The molecular formula is C30H27N3O6. The molecule has 0 saturated carbocycles. The lowest BCUT2D eigenvalue weighted by atomic mass is 9.65. The number of anilines is 1. The molecule has 1 spiro atoms. The SMILES string of the molecule is COc1ccc(C2C(C(=O)Nc3ccccc3)N3N=Cc4ccccc4C3C23C(=O)OC(C)(C)OC3=O)cc1. The number of nitrogens with one attached hydrogen (secondary N) is 1. The lowest BCUT2D eigenvalue weighted by Gasteiger charge is -2.44. The fourth-order valence-corrected chi connectivity index (χ4v) is 5.94. The highest BCUT2D eigenvalue weighted by molar-refractivity contribution is 6.08. The fraction of sp³-hybridized carbons (Fsp3) is 0.267. The zero-order valence-corrected chi connectivity index (χ0v) is 21.7. The molecule has 2 saturated heterocycles. The van der Waals surface area contributed by atoms with E-state index in [2.05, 4.69) is 10.4 Å². The topological polar surface area (TPSA) is 107 Å². The summed E-state index contributed by atoms with van der Waals surface area (Å²) in [5, 5.41) is 9.15. The van der Waals surface area contributed by atoms with Gasteiger partial charge >= 0.3 is 11.9 Å². The Balaban J connectivity index is 1.59. The van der Waals surface area contributed by atoms with E-state index in [4.69, 9.17) is 14.2 Å². The van der Waals surface area contributed by atoms with Gasteiger partial charge < -0.3 is 19.5 Å². The van der Waals surface area contributed by atoms with Gasteiger partial charge in [-0.05, 0) is 41.0 Å². The zero-order valence-electron chi connectivity index (χ0n) is 21.7. The molecule has 198 valence electrons. The third-order valence-corrected chi connectivity index (χ3v) is 7.55. The summed E-state index contributed by atoms with van der Waals surface area (Å²) in [6.45, 7) is 3.02. The van der Waals surface area contributed by atoms with E-state index in [-0.39, 0.29) is 0 Å². The number of methoxy groups -OCH3 is 1. The molecular weight excluding hydrogens is 498 g/mol. The Bertz CT molecular complexity index is 1460. The van der Waals surface area contributed by atoms with Crippen LogP contribution in [0.3, 0.4) is 0 Å². The van der Waals surface area contributed by atoms with Crippen LogP contribution in [-0.2, 0) is 23.9 Å². The van der Waals surface area contributed by atoms with Crippen LogP contribution in [0, 0.1) is 5.41 Å². The van der Waals surface area contributed by atoms with Crippen molar-refractivity contribution in [3.05, 3.63) is 95.6 Å². The molecule has 0 bridgehead atoms. The van der Waals surface area contributed by atoms with E-state index in [0.717, 1.165) is 5.56 Å². The second-order valence-corrected chi connectivity index (χ2v) is 10.3. The van der Waals surface area contributed by atoms with Crippen LogP contribution in [0.15, 0.2) is 84.0 Å². The first-order valence-electron chi connectivity index (χ1n) is 12.6. The van der Waals surface area contributed by atoms with Crippen molar-refractivity contribution in [3.8, 4) is 5.75 Å². The van der Waals surface area contributed by atoms with Crippen molar-refractivity contribution in [3.63, 3.8) is 0 Å². The molecule has 1 N–H and O–H groups in total. The number of rotatable bonds is 4. The summed E-state index contributed by atoms with van der Waals surface area (Å²) < 4.78 is 16.9. The van der Waals surface area contributed by atoms with Crippen molar-refractivity contribution >= 4 is 29.7 Å². The van der Waals surface area contributed by atoms with E-state index < -0.39 is 47.0 Å². The molecule has 3 atom stereocenters. The number of carbonyl (C=O) groups is 3. The number of amides is 1. The van der Waals surface area contributed by atoms with Crippen molar-refractivity contribution in [2.24, 2.45) is 10.5 Å². The average Bonchev–Trinajstić information content (AvgIpc) is 3.25. The maximum absolute atomic E-state index is 14.2. The normalized spacial score (nSPS) is 23.9. The molecule has 6 rings (SSSR count). The number of ether oxygens (including phenoxy) is 3. The van der Waals surface area contributed by atoms with Crippen LogP contribution < -0.4 is 10.1 Å². The van der Waals surface area contributed by atoms with Crippen LogP contribution in [0.1, 0.15) is 42.5 Å². The van der Waals surface area contributed by atoms with E-state index >= 15 is 0 Å². The number of cyclic esters (lactones) is 2. The van der Waals surface area contributed by atoms with Gasteiger partial charge in [0.2, 0.25) is 11.3 Å². The highest BCUT2D eigenvalue weighted by Crippen LogP contribution is 2.62. The summed E-state index contributed by atoms with van der Waals surface area (Å²) in [5.74, 6) is -3.83. The number of hydrogen-bond acceptors (Lipinski definition) is 8. The molecule has 39 heavy (non-hydrogen) atoms. The third-order valence-electron chi connectivity index (χ3n) is 7.55. The Kier molecular flexibility index (Phi) is 5.67. The van der Waals surface area contributed by atoms with Gasteiger partial charge in [-0.15, -0.1) is 0 Å². The molecule has 1 amide bonds. The smallest absolute Gasteiger partial charge is 0.330 e. The third kappa shape index (κ3) is 3.76. The minimum absolute atomic E-state index is 0.425. The summed E-state index contributed by atoms with van der Waals surface area (Å²) in [7, 11) is 1.55. The molecule has 3 unspecified atom stereocenters. The first-order chi connectivity index (χ1) is 18.8. The lowest BCUT2D eigenvalue weighted by Crippen LogP contribution is -2.58. The van der Waals surface area contributed by atoms with Gasteiger partial charge in [-0.1, -0.05) is 54.6 Å². The fourth-order valence-electron chi connectivity index (χ4n) is 5.94. The highest BCUT2D eigenvalue weighted by atomic mass is 16.7. The predicted molar refractivity (Wildman–Crippen MR) is 142 cm³/mol. The van der Waals surface area contributed by atoms with Crippen molar-refractivity contribution in [1.82, 2.24) is 5.01 Å². The lowest BCUT2D eigenvalue weighted by molar-refractivity contribution is -0.254. The van der Waals surface area contributed by atoms with E-state index in [1.807, 2.05) is 42.5 Å². The van der Waals surface area contributed by atoms with Crippen molar-refractivity contribution in [2.45, 2.75) is 37.6 Å². The summed E-state index contributed by atoms with van der Waals surface area (Å²) in [5.41, 5.74) is 0.636. The standard InChI is InChI=1S/C30H27N3O6/c1-29(2)38-27(35)30(28(36)39-29)23(18-13-15-21(37-3)16-14-18)24(26(34)32-20-10-5-4-6-11-20)33-25(30)22-12-8-7-9-19(22)17-31-33/h4-17,23-25H,1-3H3,(H,32,34). The first-order valence-corrected chi connectivity index (χ1v) is 12.6. The molecule has 0 radical (unpaired) electrons. The number of benzene rings is 3. The predicted octanol–water partition coefficient (Wildman–Crippen LogP) is 4.01. The van der Waals surface area contributed by atoms with Gasteiger partial charge in [0.05, 0.1) is 13.3 Å². The number of fused-ring (bicyclic) bond motifs is 4. The Labute approximate surface area is 225 Å². The second kappa shape index (κ2) is 8.97. The Morgan fingerprint density at radius 3 is 2.23 bits per heavy atom. The minimum atomic E-state index is -1.92. The molecule has 2 fully saturated rings. The number of nitrogens with zero attached hydrogens (tertiary/aromatic N) is 2.